The highest BCUT2D eigenvalue weighted by Crippen LogP contribution is 2.28. The highest BCUT2D eigenvalue weighted by molar-refractivity contribution is 7.18. The summed E-state index contributed by atoms with van der Waals surface area (Å²) in [5.74, 6) is 0.186. The predicted octanol–water partition coefficient (Wildman–Crippen LogP) is 3.94. The van der Waals surface area contributed by atoms with Gasteiger partial charge in [0.1, 0.15) is 16.6 Å². The zero-order valence-electron chi connectivity index (χ0n) is 14.8. The molecule has 6 nitrogen and oxygen atoms in total. The number of carbonyl (C=O) groups excluding carboxylic acids is 1. The summed E-state index contributed by atoms with van der Waals surface area (Å²) in [7, 11) is 1.52. The third-order valence-electron chi connectivity index (χ3n) is 4.33. The average molecular weight is 392 g/mol. The van der Waals surface area contributed by atoms with Crippen LogP contribution in [0.25, 0.3) is 10.2 Å². The van der Waals surface area contributed by atoms with Gasteiger partial charge in [-0.05, 0) is 44.5 Å². The van der Waals surface area contributed by atoms with Crippen LogP contribution in [0.3, 0.4) is 0 Å². The van der Waals surface area contributed by atoms with Crippen molar-refractivity contribution in [2.45, 2.75) is 26.8 Å². The largest absolute Gasteiger partial charge is 0.495 e. The van der Waals surface area contributed by atoms with E-state index in [1.807, 2.05) is 13.8 Å². The Labute approximate surface area is 159 Å². The van der Waals surface area contributed by atoms with Crippen molar-refractivity contribution in [3.05, 3.63) is 50.3 Å². The Morgan fingerprint density at radius 1 is 1.38 bits per heavy atom. The fourth-order valence-corrected chi connectivity index (χ4v) is 3.89. The Hall–Kier alpha value is -2.38. The maximum atomic E-state index is 12.8. The zero-order chi connectivity index (χ0) is 19.0. The van der Waals surface area contributed by atoms with Crippen LogP contribution in [0, 0.1) is 13.8 Å². The number of halogens is 1. The molecule has 0 bridgehead atoms. The van der Waals surface area contributed by atoms with Crippen LogP contribution >= 0.6 is 22.9 Å². The minimum Gasteiger partial charge on any atom is -0.495 e. The number of hydrogen-bond donors (Lipinski definition) is 1. The number of aryl methyl sites for hydroxylation is 2. The predicted molar refractivity (Wildman–Crippen MR) is 105 cm³/mol. The molecule has 1 aromatic carbocycles. The Bertz CT molecular complexity index is 1060. The molecule has 3 rings (SSSR count). The molecule has 8 heteroatoms. The fourth-order valence-electron chi connectivity index (χ4n) is 2.64. The van der Waals surface area contributed by atoms with Crippen molar-refractivity contribution in [2.75, 3.05) is 12.4 Å². The van der Waals surface area contributed by atoms with Gasteiger partial charge in [0.2, 0.25) is 5.91 Å². The number of anilines is 1. The van der Waals surface area contributed by atoms with Crippen LogP contribution in [-0.2, 0) is 4.79 Å². The van der Waals surface area contributed by atoms with Gasteiger partial charge in [-0.1, -0.05) is 11.6 Å². The molecule has 0 aliphatic heterocycles. The lowest BCUT2D eigenvalue weighted by atomic mass is 10.2. The highest BCUT2D eigenvalue weighted by atomic mass is 35.5. The summed E-state index contributed by atoms with van der Waals surface area (Å²) in [6, 6.07) is 4.23. The minimum absolute atomic E-state index is 0.215. The number of amides is 1. The van der Waals surface area contributed by atoms with E-state index in [1.165, 1.54) is 29.3 Å². The van der Waals surface area contributed by atoms with Crippen molar-refractivity contribution in [2.24, 2.45) is 0 Å². The summed E-state index contributed by atoms with van der Waals surface area (Å²) < 4.78 is 6.44. The van der Waals surface area contributed by atoms with E-state index in [2.05, 4.69) is 10.3 Å². The Morgan fingerprint density at radius 2 is 2.12 bits per heavy atom. The van der Waals surface area contributed by atoms with Crippen LogP contribution in [-0.4, -0.2) is 22.6 Å². The molecule has 26 heavy (non-hydrogen) atoms. The number of nitrogens with zero attached hydrogens (tertiary/aromatic N) is 2. The third kappa shape index (κ3) is 3.20. The molecule has 0 fully saturated rings. The van der Waals surface area contributed by atoms with Crippen molar-refractivity contribution in [3.8, 4) is 5.75 Å². The molecule has 1 atom stereocenters. The van der Waals surface area contributed by atoms with Crippen molar-refractivity contribution in [1.29, 1.82) is 0 Å². The molecule has 0 spiro atoms. The van der Waals surface area contributed by atoms with E-state index in [4.69, 9.17) is 16.3 Å². The molecule has 2 heterocycles. The molecular formula is C18H18ClN3O3S. The molecule has 1 amide bonds. The molecule has 0 saturated carbocycles. The first kappa shape index (κ1) is 18.4. The number of carbonyl (C=O) groups is 1. The summed E-state index contributed by atoms with van der Waals surface area (Å²) in [5.41, 5.74) is 1.22. The van der Waals surface area contributed by atoms with Gasteiger partial charge in [0.15, 0.2) is 0 Å². The number of nitrogens with one attached hydrogen (secondary N) is 1. The van der Waals surface area contributed by atoms with E-state index in [9.17, 15) is 9.59 Å². The second-order valence-corrected chi connectivity index (χ2v) is 7.55. The van der Waals surface area contributed by atoms with Crippen molar-refractivity contribution in [3.63, 3.8) is 0 Å². The number of rotatable bonds is 4. The molecule has 0 saturated heterocycles. The molecule has 136 valence electrons. The smallest absolute Gasteiger partial charge is 0.263 e. The SMILES string of the molecule is COc1ccc(NC(=O)[C@H](C)n2cnc3sc(C)c(C)c3c2=O)cc1Cl. The van der Waals surface area contributed by atoms with Gasteiger partial charge in [-0.15, -0.1) is 11.3 Å². The van der Waals surface area contributed by atoms with E-state index in [0.29, 0.717) is 26.7 Å². The standard InChI is InChI=1S/C18H18ClN3O3S/c1-9-11(3)26-17-15(9)18(24)22(8-20-17)10(2)16(23)21-12-5-6-14(25-4)13(19)7-12/h5-8,10H,1-4H3,(H,21,23)/t10-/m0/s1. The van der Waals surface area contributed by atoms with Gasteiger partial charge >= 0.3 is 0 Å². The van der Waals surface area contributed by atoms with E-state index < -0.39 is 6.04 Å². The molecule has 0 unspecified atom stereocenters. The summed E-state index contributed by atoms with van der Waals surface area (Å²) in [4.78, 5) is 31.5. The van der Waals surface area contributed by atoms with Gasteiger partial charge in [0.05, 0.1) is 23.8 Å². The quantitative estimate of drug-likeness (QED) is 0.731. The van der Waals surface area contributed by atoms with E-state index in [0.717, 1.165) is 10.4 Å². The summed E-state index contributed by atoms with van der Waals surface area (Å²) in [5, 5.41) is 3.73. The number of aromatic nitrogens is 2. The fraction of sp³-hybridized carbons (Fsp3) is 0.278. The van der Waals surface area contributed by atoms with Crippen LogP contribution in [0.5, 0.6) is 5.75 Å². The second-order valence-electron chi connectivity index (χ2n) is 5.93. The van der Waals surface area contributed by atoms with E-state index in [-0.39, 0.29) is 11.5 Å². The Kier molecular flexibility index (Phi) is 5.02. The molecule has 3 aromatic rings. The normalized spacial score (nSPS) is 12.2. The maximum Gasteiger partial charge on any atom is 0.263 e. The lowest BCUT2D eigenvalue weighted by Gasteiger charge is -2.15. The van der Waals surface area contributed by atoms with Crippen LogP contribution < -0.4 is 15.6 Å². The zero-order valence-corrected chi connectivity index (χ0v) is 16.4. The highest BCUT2D eigenvalue weighted by Gasteiger charge is 2.20. The van der Waals surface area contributed by atoms with Gasteiger partial charge in [-0.2, -0.15) is 0 Å². The summed E-state index contributed by atoms with van der Waals surface area (Å²) in [6.45, 7) is 5.50. The number of fused-ring (bicyclic) bond motifs is 1. The second kappa shape index (κ2) is 7.09. The molecular weight excluding hydrogens is 374 g/mol. The number of hydrogen-bond acceptors (Lipinski definition) is 5. The van der Waals surface area contributed by atoms with Gasteiger partial charge in [0.25, 0.3) is 5.56 Å². The topological polar surface area (TPSA) is 73.2 Å². The minimum atomic E-state index is -0.722. The van der Waals surface area contributed by atoms with Crippen LogP contribution in [0.15, 0.2) is 29.3 Å². The number of methoxy groups -OCH3 is 1. The first-order valence-corrected chi connectivity index (χ1v) is 9.14. The first-order chi connectivity index (χ1) is 12.3. The Balaban J connectivity index is 1.90. The maximum absolute atomic E-state index is 12.8. The third-order valence-corrected chi connectivity index (χ3v) is 5.74. The van der Waals surface area contributed by atoms with Gasteiger partial charge in [-0.3, -0.25) is 14.2 Å². The Morgan fingerprint density at radius 3 is 2.77 bits per heavy atom. The average Bonchev–Trinajstić information content (AvgIpc) is 2.90. The molecule has 0 aliphatic rings. The number of benzene rings is 1. The van der Waals surface area contributed by atoms with Crippen molar-refractivity contribution >= 4 is 44.7 Å². The lowest BCUT2D eigenvalue weighted by Crippen LogP contribution is -2.31. The van der Waals surface area contributed by atoms with Crippen LogP contribution in [0.1, 0.15) is 23.4 Å². The number of thiophene rings is 1. The molecule has 1 N–H and O–H groups in total. The van der Waals surface area contributed by atoms with Gasteiger partial charge in [-0.25, -0.2) is 4.98 Å². The summed E-state index contributed by atoms with van der Waals surface area (Å²) >= 11 is 7.56. The van der Waals surface area contributed by atoms with Crippen molar-refractivity contribution in [1.82, 2.24) is 9.55 Å². The summed E-state index contributed by atoms with van der Waals surface area (Å²) in [6.07, 6.45) is 1.42. The number of ether oxygens (including phenoxy) is 1. The first-order valence-electron chi connectivity index (χ1n) is 7.94. The van der Waals surface area contributed by atoms with Crippen LogP contribution in [0.2, 0.25) is 5.02 Å². The molecule has 2 aromatic heterocycles. The lowest BCUT2D eigenvalue weighted by molar-refractivity contribution is -0.118. The van der Waals surface area contributed by atoms with Gasteiger partial charge in [0, 0.05) is 10.6 Å². The van der Waals surface area contributed by atoms with Crippen LogP contribution in [0.4, 0.5) is 5.69 Å². The van der Waals surface area contributed by atoms with E-state index in [1.54, 1.807) is 25.1 Å². The van der Waals surface area contributed by atoms with E-state index >= 15 is 0 Å². The van der Waals surface area contributed by atoms with Crippen molar-refractivity contribution < 1.29 is 9.53 Å². The molecule has 0 aliphatic carbocycles. The van der Waals surface area contributed by atoms with Gasteiger partial charge < -0.3 is 10.1 Å². The molecule has 0 radical (unpaired) electrons. The monoisotopic (exact) mass is 391 g/mol.